The van der Waals surface area contributed by atoms with Crippen LogP contribution in [0.5, 0.6) is 0 Å². The molecule has 4 heteroatoms. The number of alkyl halides is 1. The largest absolute Gasteiger partial charge is 0.466 e. The number of carbonyl (C=O) groups is 1. The standard InChI is InChI=1S/C12H14BrClO2/c1-2-16-12(15)8-10(13)7-9-3-5-11(14)6-4-9/h3-6,10H,2,7-8H2,1H3. The molecule has 88 valence electrons. The molecule has 0 saturated heterocycles. The van der Waals surface area contributed by atoms with E-state index in [1.165, 1.54) is 0 Å². The Hall–Kier alpha value is -0.540. The Balaban J connectivity index is 2.42. The van der Waals surface area contributed by atoms with Crippen molar-refractivity contribution in [2.75, 3.05) is 6.61 Å². The molecule has 0 amide bonds. The van der Waals surface area contributed by atoms with E-state index in [4.69, 9.17) is 16.3 Å². The molecule has 0 spiro atoms. The maximum absolute atomic E-state index is 11.2. The molecule has 0 heterocycles. The molecule has 0 aliphatic carbocycles. The number of hydrogen-bond acceptors (Lipinski definition) is 2. The zero-order valence-corrected chi connectivity index (χ0v) is 11.4. The summed E-state index contributed by atoms with van der Waals surface area (Å²) in [6, 6.07) is 7.62. The Kier molecular flexibility index (Phi) is 5.85. The molecule has 1 unspecified atom stereocenters. The predicted molar refractivity (Wildman–Crippen MR) is 69.1 cm³/mol. The van der Waals surface area contributed by atoms with Crippen LogP contribution in [-0.4, -0.2) is 17.4 Å². The summed E-state index contributed by atoms with van der Waals surface area (Å²) in [5.74, 6) is -0.168. The average Bonchev–Trinajstić information content (AvgIpc) is 2.21. The van der Waals surface area contributed by atoms with Gasteiger partial charge in [0.05, 0.1) is 13.0 Å². The highest BCUT2D eigenvalue weighted by Crippen LogP contribution is 2.16. The van der Waals surface area contributed by atoms with E-state index in [1.807, 2.05) is 24.3 Å². The lowest BCUT2D eigenvalue weighted by Crippen LogP contribution is -2.13. The molecule has 0 radical (unpaired) electrons. The van der Waals surface area contributed by atoms with Crippen LogP contribution >= 0.6 is 27.5 Å². The van der Waals surface area contributed by atoms with E-state index in [0.29, 0.717) is 13.0 Å². The van der Waals surface area contributed by atoms with Crippen molar-refractivity contribution in [2.45, 2.75) is 24.6 Å². The second-order valence-corrected chi connectivity index (χ2v) is 5.17. The van der Waals surface area contributed by atoms with Gasteiger partial charge in [-0.05, 0) is 31.0 Å². The summed E-state index contributed by atoms with van der Waals surface area (Å²) >= 11 is 9.26. The van der Waals surface area contributed by atoms with Gasteiger partial charge in [0.2, 0.25) is 0 Å². The second-order valence-electron chi connectivity index (χ2n) is 3.44. The smallest absolute Gasteiger partial charge is 0.306 e. The number of carbonyl (C=O) groups excluding carboxylic acids is 1. The molecule has 0 N–H and O–H groups in total. The average molecular weight is 306 g/mol. The Morgan fingerprint density at radius 1 is 1.44 bits per heavy atom. The van der Waals surface area contributed by atoms with Crippen LogP contribution < -0.4 is 0 Å². The van der Waals surface area contributed by atoms with Gasteiger partial charge in [-0.25, -0.2) is 0 Å². The van der Waals surface area contributed by atoms with E-state index in [9.17, 15) is 4.79 Å². The normalized spacial score (nSPS) is 12.2. The number of halogens is 2. The first-order valence-electron chi connectivity index (χ1n) is 5.16. The molecule has 1 aromatic rings. The van der Waals surface area contributed by atoms with Gasteiger partial charge in [-0.3, -0.25) is 4.79 Å². The monoisotopic (exact) mass is 304 g/mol. The molecule has 0 fully saturated rings. The van der Waals surface area contributed by atoms with E-state index in [0.717, 1.165) is 17.0 Å². The first-order chi connectivity index (χ1) is 7.61. The van der Waals surface area contributed by atoms with Gasteiger partial charge >= 0.3 is 5.97 Å². The fourth-order valence-corrected chi connectivity index (χ4v) is 2.11. The Morgan fingerprint density at radius 3 is 2.62 bits per heavy atom. The van der Waals surface area contributed by atoms with Crippen molar-refractivity contribution >= 4 is 33.5 Å². The van der Waals surface area contributed by atoms with Crippen LogP contribution in [0, 0.1) is 0 Å². The Labute approximate surface area is 109 Å². The maximum atomic E-state index is 11.2. The van der Waals surface area contributed by atoms with Crippen molar-refractivity contribution in [2.24, 2.45) is 0 Å². The van der Waals surface area contributed by atoms with Gasteiger partial charge in [-0.1, -0.05) is 39.7 Å². The molecular weight excluding hydrogens is 291 g/mol. The molecule has 0 aromatic heterocycles. The van der Waals surface area contributed by atoms with Gasteiger partial charge in [0.25, 0.3) is 0 Å². The van der Waals surface area contributed by atoms with Crippen molar-refractivity contribution in [1.29, 1.82) is 0 Å². The van der Waals surface area contributed by atoms with E-state index in [1.54, 1.807) is 6.92 Å². The van der Waals surface area contributed by atoms with Crippen molar-refractivity contribution < 1.29 is 9.53 Å². The fourth-order valence-electron chi connectivity index (χ4n) is 1.35. The quantitative estimate of drug-likeness (QED) is 0.614. The number of hydrogen-bond donors (Lipinski definition) is 0. The molecule has 1 rings (SSSR count). The summed E-state index contributed by atoms with van der Waals surface area (Å²) in [6.07, 6.45) is 1.17. The minimum absolute atomic E-state index is 0.104. The Morgan fingerprint density at radius 2 is 2.06 bits per heavy atom. The molecule has 0 aliphatic rings. The maximum Gasteiger partial charge on any atom is 0.306 e. The van der Waals surface area contributed by atoms with Crippen LogP contribution in [0.25, 0.3) is 0 Å². The summed E-state index contributed by atoms with van der Waals surface area (Å²) in [7, 11) is 0. The van der Waals surface area contributed by atoms with Gasteiger partial charge in [0.1, 0.15) is 0 Å². The molecule has 0 bridgehead atoms. The van der Waals surface area contributed by atoms with E-state index in [-0.39, 0.29) is 10.8 Å². The van der Waals surface area contributed by atoms with Crippen LogP contribution in [0.15, 0.2) is 24.3 Å². The molecule has 0 saturated carbocycles. The third kappa shape index (κ3) is 4.99. The molecule has 2 nitrogen and oxygen atoms in total. The zero-order chi connectivity index (χ0) is 12.0. The highest BCUT2D eigenvalue weighted by Gasteiger charge is 2.11. The number of ether oxygens (including phenoxy) is 1. The topological polar surface area (TPSA) is 26.3 Å². The lowest BCUT2D eigenvalue weighted by molar-refractivity contribution is -0.143. The molecular formula is C12H14BrClO2. The summed E-state index contributed by atoms with van der Waals surface area (Å²) in [5.41, 5.74) is 1.15. The predicted octanol–water partition coefficient (Wildman–Crippen LogP) is 3.60. The molecule has 16 heavy (non-hydrogen) atoms. The number of rotatable bonds is 5. The minimum atomic E-state index is -0.168. The van der Waals surface area contributed by atoms with E-state index >= 15 is 0 Å². The summed E-state index contributed by atoms with van der Waals surface area (Å²) in [6.45, 7) is 2.24. The van der Waals surface area contributed by atoms with Crippen LogP contribution in [0.3, 0.4) is 0 Å². The number of esters is 1. The second kappa shape index (κ2) is 6.92. The minimum Gasteiger partial charge on any atom is -0.466 e. The third-order valence-electron chi connectivity index (χ3n) is 2.06. The van der Waals surface area contributed by atoms with Crippen molar-refractivity contribution in [3.8, 4) is 0 Å². The van der Waals surface area contributed by atoms with Gasteiger partial charge in [0, 0.05) is 9.85 Å². The molecule has 1 atom stereocenters. The highest BCUT2D eigenvalue weighted by molar-refractivity contribution is 9.09. The van der Waals surface area contributed by atoms with E-state index in [2.05, 4.69) is 15.9 Å². The van der Waals surface area contributed by atoms with Crippen LogP contribution in [0.1, 0.15) is 18.9 Å². The summed E-state index contributed by atoms with van der Waals surface area (Å²) in [4.78, 5) is 11.3. The molecule has 0 aliphatic heterocycles. The SMILES string of the molecule is CCOC(=O)CC(Br)Cc1ccc(Cl)cc1. The lowest BCUT2D eigenvalue weighted by Gasteiger charge is -2.09. The zero-order valence-electron chi connectivity index (χ0n) is 9.08. The van der Waals surface area contributed by atoms with Crippen LogP contribution in [0.2, 0.25) is 5.02 Å². The van der Waals surface area contributed by atoms with Gasteiger partial charge in [-0.15, -0.1) is 0 Å². The van der Waals surface area contributed by atoms with Gasteiger partial charge in [-0.2, -0.15) is 0 Å². The third-order valence-corrected chi connectivity index (χ3v) is 2.96. The van der Waals surface area contributed by atoms with Crippen molar-refractivity contribution in [3.63, 3.8) is 0 Å². The van der Waals surface area contributed by atoms with Gasteiger partial charge < -0.3 is 4.74 Å². The fraction of sp³-hybridized carbons (Fsp3) is 0.417. The highest BCUT2D eigenvalue weighted by atomic mass is 79.9. The van der Waals surface area contributed by atoms with Crippen molar-refractivity contribution in [1.82, 2.24) is 0 Å². The molecule has 1 aromatic carbocycles. The van der Waals surface area contributed by atoms with Crippen LogP contribution in [-0.2, 0) is 16.0 Å². The van der Waals surface area contributed by atoms with Gasteiger partial charge in [0.15, 0.2) is 0 Å². The first kappa shape index (κ1) is 13.5. The van der Waals surface area contributed by atoms with E-state index < -0.39 is 0 Å². The lowest BCUT2D eigenvalue weighted by atomic mass is 10.1. The first-order valence-corrected chi connectivity index (χ1v) is 6.45. The summed E-state index contributed by atoms with van der Waals surface area (Å²) in [5, 5.41) is 0.722. The van der Waals surface area contributed by atoms with Crippen molar-refractivity contribution in [3.05, 3.63) is 34.9 Å². The summed E-state index contributed by atoms with van der Waals surface area (Å²) < 4.78 is 4.88. The van der Waals surface area contributed by atoms with Crippen LogP contribution in [0.4, 0.5) is 0 Å². The Bertz CT molecular complexity index is 337. The number of benzene rings is 1.